The minimum atomic E-state index is -0.183. The number of hydrogen-bond acceptors (Lipinski definition) is 7. The smallest absolute Gasteiger partial charge is 0.295 e. The molecule has 1 amide bonds. The summed E-state index contributed by atoms with van der Waals surface area (Å²) in [6.07, 6.45) is 0.838. The van der Waals surface area contributed by atoms with Crippen LogP contribution < -0.4 is 9.64 Å². The number of anilines is 1. The highest BCUT2D eigenvalue weighted by atomic mass is 32.1. The van der Waals surface area contributed by atoms with Crippen molar-refractivity contribution in [2.45, 2.75) is 20.3 Å². The van der Waals surface area contributed by atoms with Gasteiger partial charge in [0, 0.05) is 31.6 Å². The van der Waals surface area contributed by atoms with Crippen molar-refractivity contribution in [2.75, 3.05) is 50.9 Å². The lowest BCUT2D eigenvalue weighted by Gasteiger charge is -2.27. The quantitative estimate of drug-likeness (QED) is 0.349. The molecule has 1 saturated heterocycles. The summed E-state index contributed by atoms with van der Waals surface area (Å²) in [5, 5.41) is 1.55. The van der Waals surface area contributed by atoms with Crippen LogP contribution in [0.2, 0.25) is 0 Å². The fourth-order valence-electron chi connectivity index (χ4n) is 4.30. The summed E-state index contributed by atoms with van der Waals surface area (Å²) in [6, 6.07) is 13.6. The van der Waals surface area contributed by atoms with Gasteiger partial charge in [0.1, 0.15) is 0 Å². The minimum absolute atomic E-state index is 0.183. The Morgan fingerprint density at radius 3 is 2.82 bits per heavy atom. The van der Waals surface area contributed by atoms with Crippen LogP contribution in [0.1, 0.15) is 29.5 Å². The van der Waals surface area contributed by atoms with Gasteiger partial charge in [-0.15, -0.1) is 0 Å². The third-order valence-electron chi connectivity index (χ3n) is 6.06. The van der Waals surface area contributed by atoms with E-state index in [4.69, 9.17) is 18.9 Å². The normalized spacial score (nSPS) is 14.6. The van der Waals surface area contributed by atoms with E-state index in [-0.39, 0.29) is 5.91 Å². The molecule has 5 rings (SSSR count). The Kier molecular flexibility index (Phi) is 6.80. The summed E-state index contributed by atoms with van der Waals surface area (Å²) in [6.45, 7) is 9.36. The molecule has 1 aliphatic heterocycles. The highest BCUT2D eigenvalue weighted by molar-refractivity contribution is 7.22. The van der Waals surface area contributed by atoms with Crippen molar-refractivity contribution in [1.82, 2.24) is 9.88 Å². The zero-order valence-corrected chi connectivity index (χ0v) is 20.4. The number of fused-ring (bicyclic) bond motifs is 2. The third-order valence-corrected chi connectivity index (χ3v) is 7.11. The maximum absolute atomic E-state index is 13.8. The van der Waals surface area contributed by atoms with Gasteiger partial charge in [-0.1, -0.05) is 35.6 Å². The van der Waals surface area contributed by atoms with E-state index in [0.717, 1.165) is 60.4 Å². The molecule has 0 bridgehead atoms. The van der Waals surface area contributed by atoms with E-state index in [1.165, 1.54) is 0 Å². The Hall–Kier alpha value is -2.94. The first-order valence-corrected chi connectivity index (χ1v) is 12.6. The van der Waals surface area contributed by atoms with Gasteiger partial charge in [0.25, 0.3) is 5.91 Å². The third kappa shape index (κ3) is 4.66. The van der Waals surface area contributed by atoms with Crippen LogP contribution in [0.5, 0.6) is 5.75 Å². The van der Waals surface area contributed by atoms with E-state index < -0.39 is 0 Å². The molecule has 0 saturated carbocycles. The fourth-order valence-corrected chi connectivity index (χ4v) is 5.36. The molecule has 7 nitrogen and oxygen atoms in total. The second-order valence-electron chi connectivity index (χ2n) is 8.40. The first kappa shape index (κ1) is 22.8. The minimum Gasteiger partial charge on any atom is -0.490 e. The average Bonchev–Trinajstić information content (AvgIpc) is 3.48. The largest absolute Gasteiger partial charge is 0.490 e. The van der Waals surface area contributed by atoms with Crippen LogP contribution >= 0.6 is 11.3 Å². The maximum atomic E-state index is 13.8. The summed E-state index contributed by atoms with van der Waals surface area (Å²) < 4.78 is 18.3. The Bertz CT molecular complexity index is 1290. The molecule has 3 heterocycles. The molecular formula is C26H29N3O4S. The van der Waals surface area contributed by atoms with Gasteiger partial charge in [0.15, 0.2) is 22.2 Å². The molecular weight excluding hydrogens is 450 g/mol. The van der Waals surface area contributed by atoms with E-state index in [9.17, 15) is 4.79 Å². The zero-order chi connectivity index (χ0) is 23.5. The Balaban J connectivity index is 1.45. The molecule has 4 aromatic rings. The molecule has 2 aromatic heterocycles. The molecule has 1 aliphatic rings. The van der Waals surface area contributed by atoms with Crippen LogP contribution in [-0.4, -0.2) is 61.8 Å². The van der Waals surface area contributed by atoms with Crippen LogP contribution in [0.15, 0.2) is 46.9 Å². The van der Waals surface area contributed by atoms with Gasteiger partial charge < -0.3 is 13.9 Å². The van der Waals surface area contributed by atoms with Crippen LogP contribution in [0.25, 0.3) is 21.2 Å². The maximum Gasteiger partial charge on any atom is 0.295 e. The average molecular weight is 480 g/mol. The first-order chi connectivity index (χ1) is 16.6. The lowest BCUT2D eigenvalue weighted by Crippen LogP contribution is -2.39. The van der Waals surface area contributed by atoms with Gasteiger partial charge in [0.05, 0.1) is 30.0 Å². The Labute approximate surface area is 202 Å². The Morgan fingerprint density at radius 2 is 2.03 bits per heavy atom. The molecule has 2 aromatic carbocycles. The molecule has 0 spiro atoms. The van der Waals surface area contributed by atoms with Crippen molar-refractivity contribution in [3.05, 3.63) is 53.8 Å². The number of para-hydroxylation sites is 2. The lowest BCUT2D eigenvalue weighted by atomic mass is 10.2. The standard InChI is InChI=1S/C26H29N3O4S/c1-3-32-20-9-5-8-19-17-21(33-24(19)20)25(30)29(12-6-11-28-13-15-31-16-14-28)26-27-23-18(2)7-4-10-22(23)34-26/h4-5,7-10,17H,3,6,11-16H2,1-2H3. The molecule has 0 atom stereocenters. The van der Waals surface area contributed by atoms with Crippen LogP contribution in [0.4, 0.5) is 5.13 Å². The van der Waals surface area contributed by atoms with Crippen molar-refractivity contribution in [1.29, 1.82) is 0 Å². The van der Waals surface area contributed by atoms with E-state index >= 15 is 0 Å². The highest BCUT2D eigenvalue weighted by Gasteiger charge is 2.25. The topological polar surface area (TPSA) is 68.0 Å². The van der Waals surface area contributed by atoms with E-state index in [1.807, 2.05) is 44.2 Å². The van der Waals surface area contributed by atoms with E-state index in [1.54, 1.807) is 22.3 Å². The molecule has 34 heavy (non-hydrogen) atoms. The van der Waals surface area contributed by atoms with Crippen molar-refractivity contribution < 1.29 is 18.7 Å². The van der Waals surface area contributed by atoms with Crippen LogP contribution in [-0.2, 0) is 4.74 Å². The summed E-state index contributed by atoms with van der Waals surface area (Å²) in [5.41, 5.74) is 2.64. The van der Waals surface area contributed by atoms with Crippen LogP contribution in [0.3, 0.4) is 0 Å². The van der Waals surface area contributed by atoms with Gasteiger partial charge >= 0.3 is 0 Å². The van der Waals surface area contributed by atoms with Crippen molar-refractivity contribution in [3.63, 3.8) is 0 Å². The van der Waals surface area contributed by atoms with Gasteiger partial charge in [0.2, 0.25) is 0 Å². The molecule has 0 unspecified atom stereocenters. The van der Waals surface area contributed by atoms with Crippen molar-refractivity contribution in [2.24, 2.45) is 0 Å². The molecule has 0 radical (unpaired) electrons. The van der Waals surface area contributed by atoms with Gasteiger partial charge in [-0.3, -0.25) is 14.6 Å². The second-order valence-corrected chi connectivity index (χ2v) is 9.41. The molecule has 0 aliphatic carbocycles. The number of carbonyl (C=O) groups is 1. The highest BCUT2D eigenvalue weighted by Crippen LogP contribution is 2.33. The lowest BCUT2D eigenvalue weighted by molar-refractivity contribution is 0.0376. The second kappa shape index (κ2) is 10.1. The summed E-state index contributed by atoms with van der Waals surface area (Å²) >= 11 is 1.54. The molecule has 178 valence electrons. The molecule has 1 fully saturated rings. The van der Waals surface area contributed by atoms with E-state index in [2.05, 4.69) is 11.0 Å². The number of hydrogen-bond donors (Lipinski definition) is 0. The summed E-state index contributed by atoms with van der Waals surface area (Å²) in [5.74, 6) is 0.760. The number of rotatable bonds is 8. The number of thiazole rings is 1. The van der Waals surface area contributed by atoms with Gasteiger partial charge in [-0.2, -0.15) is 0 Å². The number of benzene rings is 2. The number of carbonyl (C=O) groups excluding carboxylic acids is 1. The number of nitrogens with zero attached hydrogens (tertiary/aromatic N) is 3. The predicted molar refractivity (Wildman–Crippen MR) is 135 cm³/mol. The fraction of sp³-hybridized carbons (Fsp3) is 0.385. The molecule has 8 heteroatoms. The number of aromatic nitrogens is 1. The monoisotopic (exact) mass is 479 g/mol. The number of furan rings is 1. The Morgan fingerprint density at radius 1 is 1.21 bits per heavy atom. The van der Waals surface area contributed by atoms with Gasteiger partial charge in [-0.05, 0) is 44.0 Å². The number of ether oxygens (including phenoxy) is 2. The summed E-state index contributed by atoms with van der Waals surface area (Å²) in [4.78, 5) is 22.7. The number of amides is 1. The zero-order valence-electron chi connectivity index (χ0n) is 19.6. The SMILES string of the molecule is CCOc1cccc2cc(C(=O)N(CCCN3CCOCC3)c3nc4c(C)cccc4s3)oc12. The van der Waals surface area contributed by atoms with Crippen molar-refractivity contribution in [3.8, 4) is 5.75 Å². The van der Waals surface area contributed by atoms with Crippen molar-refractivity contribution >= 4 is 43.6 Å². The van der Waals surface area contributed by atoms with E-state index in [0.29, 0.717) is 35.4 Å². The predicted octanol–water partition coefficient (Wildman–Crippen LogP) is 5.12. The first-order valence-electron chi connectivity index (χ1n) is 11.8. The van der Waals surface area contributed by atoms with Crippen LogP contribution in [0, 0.1) is 6.92 Å². The molecule has 0 N–H and O–H groups in total. The summed E-state index contributed by atoms with van der Waals surface area (Å²) in [7, 11) is 0. The van der Waals surface area contributed by atoms with Gasteiger partial charge in [-0.25, -0.2) is 4.98 Å². The number of morpholine rings is 1. The number of aryl methyl sites for hydroxylation is 1.